The molecule has 5 atom stereocenters. The highest BCUT2D eigenvalue weighted by Crippen LogP contribution is 2.34. The van der Waals surface area contributed by atoms with Crippen LogP contribution in [0.3, 0.4) is 0 Å². The number of hydrogen-bond donors (Lipinski definition) is 1. The van der Waals surface area contributed by atoms with Crippen LogP contribution >= 0.6 is 0 Å². The summed E-state index contributed by atoms with van der Waals surface area (Å²) in [6, 6.07) is 0. The molecular weight excluding hydrogens is 382 g/mol. The quantitative estimate of drug-likeness (QED) is 0.292. The van der Waals surface area contributed by atoms with Gasteiger partial charge in [-0.05, 0) is 0 Å². The first-order valence-electron chi connectivity index (χ1n) is 8.16. The standard InChI is InChI=1S/C16H22NO11/c1-7(18)17-16(28-11(5)22)12(6-24-8(2)19)27-15(23)13(25-9(3)20)14(16)26-10(4)21/h12-15H,6H2,1-5H3,(H,17,18)/q-1/t12-,13-,14-,15+,16-/m1/s1. The first-order valence-corrected chi connectivity index (χ1v) is 8.16. The SMILES string of the molecule is CC(=O)N[C@]1(OC(C)=O)[C@H](OC(C)=O)[C@@H](OC(C)=O)[C@@H]([O-])O[C@@H]1COC(C)=O. The van der Waals surface area contributed by atoms with Crippen LogP contribution in [0.4, 0.5) is 0 Å². The van der Waals surface area contributed by atoms with Gasteiger partial charge in [0, 0.05) is 40.9 Å². The third-order valence-corrected chi connectivity index (χ3v) is 3.48. The second-order valence-corrected chi connectivity index (χ2v) is 5.97. The van der Waals surface area contributed by atoms with E-state index in [1.165, 1.54) is 0 Å². The van der Waals surface area contributed by atoms with Gasteiger partial charge >= 0.3 is 23.9 Å². The van der Waals surface area contributed by atoms with Crippen molar-refractivity contribution >= 4 is 29.8 Å². The Bertz CT molecular complexity index is 631. The topological polar surface area (TPSA) is 167 Å². The Kier molecular flexibility index (Phi) is 7.88. The lowest BCUT2D eigenvalue weighted by atomic mass is 9.90. The molecule has 1 N–H and O–H groups in total. The molecule has 0 saturated carbocycles. The molecule has 1 rings (SSSR count). The van der Waals surface area contributed by atoms with Crippen molar-refractivity contribution < 1.29 is 52.8 Å². The van der Waals surface area contributed by atoms with Crippen molar-refractivity contribution in [3.8, 4) is 0 Å². The molecule has 1 aliphatic heterocycles. The van der Waals surface area contributed by atoms with Crippen molar-refractivity contribution in [3.63, 3.8) is 0 Å². The molecule has 12 heteroatoms. The summed E-state index contributed by atoms with van der Waals surface area (Å²) in [6.07, 6.45) is -7.23. The van der Waals surface area contributed by atoms with Crippen LogP contribution in [-0.4, -0.2) is 66.7 Å². The van der Waals surface area contributed by atoms with Crippen LogP contribution in [0.5, 0.6) is 0 Å². The molecule has 28 heavy (non-hydrogen) atoms. The smallest absolute Gasteiger partial charge is 0.304 e. The van der Waals surface area contributed by atoms with Crippen molar-refractivity contribution in [1.29, 1.82) is 0 Å². The van der Waals surface area contributed by atoms with Crippen LogP contribution in [-0.2, 0) is 47.7 Å². The monoisotopic (exact) mass is 404 g/mol. The van der Waals surface area contributed by atoms with Crippen LogP contribution in [0.15, 0.2) is 0 Å². The van der Waals surface area contributed by atoms with E-state index in [0.29, 0.717) is 0 Å². The molecule has 1 saturated heterocycles. The van der Waals surface area contributed by atoms with Crippen LogP contribution in [0.25, 0.3) is 0 Å². The molecule has 0 aromatic rings. The van der Waals surface area contributed by atoms with Gasteiger partial charge in [0.2, 0.25) is 12.0 Å². The Hall–Kier alpha value is -2.73. The van der Waals surface area contributed by atoms with E-state index in [1.54, 1.807) is 0 Å². The third kappa shape index (κ3) is 5.89. The van der Waals surface area contributed by atoms with Crippen molar-refractivity contribution in [2.24, 2.45) is 0 Å². The Labute approximate surface area is 160 Å². The summed E-state index contributed by atoms with van der Waals surface area (Å²) < 4.78 is 25.2. The summed E-state index contributed by atoms with van der Waals surface area (Å²) in [6.45, 7) is 4.48. The predicted molar refractivity (Wildman–Crippen MR) is 84.7 cm³/mol. The summed E-state index contributed by atoms with van der Waals surface area (Å²) in [5.74, 6) is -4.31. The van der Waals surface area contributed by atoms with E-state index in [9.17, 15) is 29.1 Å². The van der Waals surface area contributed by atoms with E-state index >= 15 is 0 Å². The molecule has 12 nitrogen and oxygen atoms in total. The van der Waals surface area contributed by atoms with Crippen LogP contribution in [0, 0.1) is 0 Å². The highest BCUT2D eigenvalue weighted by Gasteiger charge is 2.61. The van der Waals surface area contributed by atoms with Gasteiger partial charge in [0.05, 0.1) is 0 Å². The maximum Gasteiger partial charge on any atom is 0.304 e. The normalized spacial score (nSPS) is 29.2. The maximum absolute atomic E-state index is 12.4. The highest BCUT2D eigenvalue weighted by molar-refractivity contribution is 5.75. The molecule has 1 heterocycles. The summed E-state index contributed by atoms with van der Waals surface area (Å²) in [5, 5.41) is 14.7. The molecule has 0 aromatic heterocycles. The third-order valence-electron chi connectivity index (χ3n) is 3.48. The second kappa shape index (κ2) is 9.46. The number of amides is 1. The average Bonchev–Trinajstić information content (AvgIpc) is 2.50. The number of hydrogen-bond acceptors (Lipinski definition) is 11. The molecule has 0 aromatic carbocycles. The Balaban J connectivity index is 3.55. The largest absolute Gasteiger partial charge is 0.828 e. The van der Waals surface area contributed by atoms with E-state index in [0.717, 1.165) is 34.6 Å². The molecule has 1 amide bonds. The zero-order chi connectivity index (χ0) is 21.6. The fourth-order valence-corrected chi connectivity index (χ4v) is 2.72. The molecule has 1 fully saturated rings. The number of rotatable bonds is 6. The van der Waals surface area contributed by atoms with Gasteiger partial charge in [-0.1, -0.05) is 0 Å². The molecule has 0 bridgehead atoms. The van der Waals surface area contributed by atoms with Crippen molar-refractivity contribution in [2.75, 3.05) is 6.61 Å². The molecular formula is C16H22NO11-. The zero-order valence-electron chi connectivity index (χ0n) is 16.0. The van der Waals surface area contributed by atoms with Crippen LogP contribution < -0.4 is 10.4 Å². The van der Waals surface area contributed by atoms with Gasteiger partial charge in [-0.25, -0.2) is 0 Å². The Morgan fingerprint density at radius 1 is 0.929 bits per heavy atom. The van der Waals surface area contributed by atoms with E-state index in [-0.39, 0.29) is 0 Å². The molecule has 0 spiro atoms. The van der Waals surface area contributed by atoms with Gasteiger partial charge in [0.1, 0.15) is 6.61 Å². The predicted octanol–water partition coefficient (Wildman–Crippen LogP) is -2.11. The van der Waals surface area contributed by atoms with Crippen molar-refractivity contribution in [1.82, 2.24) is 5.32 Å². The van der Waals surface area contributed by atoms with E-state index in [4.69, 9.17) is 23.7 Å². The minimum absolute atomic E-state index is 0.633. The molecule has 1 aliphatic rings. The minimum atomic E-state index is -2.31. The molecule has 0 unspecified atom stereocenters. The van der Waals surface area contributed by atoms with E-state index in [2.05, 4.69) is 5.32 Å². The first kappa shape index (κ1) is 23.3. The minimum Gasteiger partial charge on any atom is -0.828 e. The Morgan fingerprint density at radius 3 is 1.93 bits per heavy atom. The van der Waals surface area contributed by atoms with Gasteiger partial charge < -0.3 is 34.1 Å². The zero-order valence-corrected chi connectivity index (χ0v) is 16.0. The fourth-order valence-electron chi connectivity index (χ4n) is 2.72. The lowest BCUT2D eigenvalue weighted by Gasteiger charge is -2.53. The number of esters is 4. The van der Waals surface area contributed by atoms with Gasteiger partial charge in [-0.15, -0.1) is 0 Å². The summed E-state index contributed by atoms with van der Waals surface area (Å²) >= 11 is 0. The first-order chi connectivity index (χ1) is 12.9. The molecule has 158 valence electrons. The summed E-state index contributed by atoms with van der Waals surface area (Å²) in [5.41, 5.74) is -2.31. The van der Waals surface area contributed by atoms with E-state index < -0.39 is 66.7 Å². The van der Waals surface area contributed by atoms with Gasteiger partial charge in [-0.3, -0.25) is 24.0 Å². The van der Waals surface area contributed by atoms with Gasteiger partial charge in [0.25, 0.3) is 5.72 Å². The molecule has 0 aliphatic carbocycles. The van der Waals surface area contributed by atoms with Crippen molar-refractivity contribution in [2.45, 2.75) is 64.9 Å². The lowest BCUT2D eigenvalue weighted by molar-refractivity contribution is -0.538. The van der Waals surface area contributed by atoms with Crippen LogP contribution in [0.2, 0.25) is 0 Å². The van der Waals surface area contributed by atoms with Crippen LogP contribution in [0.1, 0.15) is 34.6 Å². The van der Waals surface area contributed by atoms with Crippen molar-refractivity contribution in [3.05, 3.63) is 0 Å². The number of carbonyl (C=O) groups is 5. The summed E-state index contributed by atoms with van der Waals surface area (Å²) in [4.78, 5) is 57.8. The highest BCUT2D eigenvalue weighted by atomic mass is 16.7. The lowest BCUT2D eigenvalue weighted by Crippen LogP contribution is -2.77. The summed E-state index contributed by atoms with van der Waals surface area (Å²) in [7, 11) is 0. The van der Waals surface area contributed by atoms with Gasteiger partial charge in [-0.2, -0.15) is 0 Å². The number of carbonyl (C=O) groups excluding carboxylic acids is 5. The Morgan fingerprint density at radius 2 is 1.50 bits per heavy atom. The number of ether oxygens (including phenoxy) is 5. The molecule has 0 radical (unpaired) electrons. The van der Waals surface area contributed by atoms with E-state index in [1.807, 2.05) is 0 Å². The average molecular weight is 404 g/mol. The second-order valence-electron chi connectivity index (χ2n) is 5.97. The number of nitrogens with one attached hydrogen (secondary N) is 1. The van der Waals surface area contributed by atoms with Gasteiger partial charge in [0.15, 0.2) is 12.2 Å². The maximum atomic E-state index is 12.4. The fraction of sp³-hybridized carbons (Fsp3) is 0.688.